The van der Waals surface area contributed by atoms with Crippen molar-refractivity contribution in [3.63, 3.8) is 0 Å². The quantitative estimate of drug-likeness (QED) is 0.623. The van der Waals surface area contributed by atoms with Crippen LogP contribution in [0.4, 0.5) is 8.78 Å². The second-order valence-corrected chi connectivity index (χ2v) is 8.26. The van der Waals surface area contributed by atoms with Gasteiger partial charge in [0.25, 0.3) is 0 Å². The van der Waals surface area contributed by atoms with Gasteiger partial charge in [-0.1, -0.05) is 30.7 Å². The third-order valence-electron chi connectivity index (χ3n) is 5.40. The van der Waals surface area contributed by atoms with Crippen molar-refractivity contribution in [2.24, 2.45) is 12.8 Å². The zero-order valence-corrected chi connectivity index (χ0v) is 17.7. The molecule has 2 heterocycles. The second-order valence-electron chi connectivity index (χ2n) is 7.83. The molecule has 162 valence electrons. The largest absolute Gasteiger partial charge is 0.376 e. The molecular formula is C21H20ClF2N5O2. The van der Waals surface area contributed by atoms with Crippen molar-refractivity contribution in [2.75, 3.05) is 13.2 Å². The maximum Gasteiger partial charge on any atom is 0.208 e. The van der Waals surface area contributed by atoms with Crippen LogP contribution in [0.15, 0.2) is 30.3 Å². The monoisotopic (exact) mass is 447 g/mol. The van der Waals surface area contributed by atoms with E-state index in [-0.39, 0.29) is 47.7 Å². The molecule has 2 aromatic carbocycles. The maximum absolute atomic E-state index is 15.0. The molecule has 0 radical (unpaired) electrons. The molecule has 0 bridgehead atoms. The zero-order valence-electron chi connectivity index (χ0n) is 16.9. The highest BCUT2D eigenvalue weighted by Gasteiger charge is 2.41. The van der Waals surface area contributed by atoms with Gasteiger partial charge in [-0.15, -0.1) is 10.2 Å². The lowest BCUT2D eigenvalue weighted by molar-refractivity contribution is -0.141. The Morgan fingerprint density at radius 2 is 2.03 bits per heavy atom. The highest BCUT2D eigenvalue weighted by atomic mass is 35.5. The molecule has 2 N–H and O–H groups in total. The summed E-state index contributed by atoms with van der Waals surface area (Å²) in [6.45, 7) is 2.12. The summed E-state index contributed by atoms with van der Waals surface area (Å²) in [4.78, 5) is 13.6. The molecule has 0 aliphatic carbocycles. The van der Waals surface area contributed by atoms with Crippen LogP contribution in [0.25, 0.3) is 22.5 Å². The lowest BCUT2D eigenvalue weighted by Gasteiger charge is -2.36. The average molecular weight is 448 g/mol. The van der Waals surface area contributed by atoms with E-state index in [0.29, 0.717) is 16.7 Å². The Hall–Kier alpha value is -2.75. The lowest BCUT2D eigenvalue weighted by Crippen LogP contribution is -2.63. The van der Waals surface area contributed by atoms with Gasteiger partial charge in [0.2, 0.25) is 5.82 Å². The summed E-state index contributed by atoms with van der Waals surface area (Å²) < 4.78 is 34.8. The van der Waals surface area contributed by atoms with E-state index in [2.05, 4.69) is 15.4 Å². The second kappa shape index (κ2) is 8.07. The Balaban J connectivity index is 1.68. The summed E-state index contributed by atoms with van der Waals surface area (Å²) in [7, 11) is 1.56. The number of rotatable bonds is 6. The highest BCUT2D eigenvalue weighted by Crippen LogP contribution is 2.36. The number of hydrogen-bond acceptors (Lipinski definition) is 6. The van der Waals surface area contributed by atoms with Crippen molar-refractivity contribution in [1.29, 1.82) is 0 Å². The standard InChI is InChI=1S/C21H20ClF2N5O2/c1-11(5-18(30)21(25)9-31-10-21)14-4-3-12(6-16(14)23)15-7-13(22)8-17(24)19(15)20-26-28-29(2)27-20/h3-4,6-8,11H,5,9-10,25H2,1-2H3/t11-/m0/s1. The minimum absolute atomic E-state index is 0.0612. The minimum Gasteiger partial charge on any atom is -0.376 e. The smallest absolute Gasteiger partial charge is 0.208 e. The normalized spacial score (nSPS) is 16.1. The van der Waals surface area contributed by atoms with E-state index in [1.807, 2.05) is 0 Å². The van der Waals surface area contributed by atoms with Crippen LogP contribution in [0, 0.1) is 11.6 Å². The molecule has 0 spiro atoms. The molecule has 31 heavy (non-hydrogen) atoms. The molecule has 10 heteroatoms. The molecule has 0 unspecified atom stereocenters. The fourth-order valence-corrected chi connectivity index (χ4v) is 3.79. The van der Waals surface area contributed by atoms with E-state index in [4.69, 9.17) is 22.1 Å². The minimum atomic E-state index is -0.985. The average Bonchev–Trinajstić information content (AvgIpc) is 3.10. The molecule has 0 saturated carbocycles. The van der Waals surface area contributed by atoms with Crippen LogP contribution in [-0.4, -0.2) is 44.7 Å². The molecule has 0 amide bonds. The number of tetrazole rings is 1. The summed E-state index contributed by atoms with van der Waals surface area (Å²) in [5.41, 5.74) is 6.16. The van der Waals surface area contributed by atoms with Gasteiger partial charge in [0.1, 0.15) is 17.2 Å². The van der Waals surface area contributed by atoms with Crippen molar-refractivity contribution in [1.82, 2.24) is 20.2 Å². The predicted molar refractivity (Wildman–Crippen MR) is 110 cm³/mol. The van der Waals surface area contributed by atoms with Gasteiger partial charge in [0.15, 0.2) is 5.78 Å². The number of Topliss-reactive ketones (excluding diaryl/α,β-unsaturated/α-hetero) is 1. The van der Waals surface area contributed by atoms with Crippen molar-refractivity contribution in [2.45, 2.75) is 24.8 Å². The number of aromatic nitrogens is 4. The maximum atomic E-state index is 15.0. The summed E-state index contributed by atoms with van der Waals surface area (Å²) >= 11 is 6.05. The van der Waals surface area contributed by atoms with Gasteiger partial charge in [-0.05, 0) is 46.0 Å². The van der Waals surface area contributed by atoms with Gasteiger partial charge in [0.05, 0.1) is 25.8 Å². The molecule has 4 rings (SSSR count). The molecule has 1 fully saturated rings. The van der Waals surface area contributed by atoms with Crippen LogP contribution in [-0.2, 0) is 16.6 Å². The Kier molecular flexibility index (Phi) is 5.59. The first kappa shape index (κ1) is 21.5. The number of ketones is 1. The van der Waals surface area contributed by atoms with Gasteiger partial charge >= 0.3 is 0 Å². The van der Waals surface area contributed by atoms with E-state index >= 15 is 4.39 Å². The van der Waals surface area contributed by atoms with E-state index in [0.717, 1.165) is 6.07 Å². The first-order valence-electron chi connectivity index (χ1n) is 9.61. The number of ether oxygens (including phenoxy) is 1. The topological polar surface area (TPSA) is 95.9 Å². The zero-order chi connectivity index (χ0) is 22.3. The fourth-order valence-electron chi connectivity index (χ4n) is 3.58. The van der Waals surface area contributed by atoms with Crippen LogP contribution < -0.4 is 5.73 Å². The number of nitrogens with two attached hydrogens (primary N) is 1. The van der Waals surface area contributed by atoms with Gasteiger partial charge in [0, 0.05) is 11.4 Å². The Morgan fingerprint density at radius 1 is 1.29 bits per heavy atom. The van der Waals surface area contributed by atoms with E-state index in [9.17, 15) is 9.18 Å². The molecule has 1 aliphatic rings. The molecule has 1 atom stereocenters. The highest BCUT2D eigenvalue weighted by molar-refractivity contribution is 6.31. The SMILES string of the molecule is C[C@@H](CC(=O)C1(N)COC1)c1ccc(-c2cc(Cl)cc(F)c2-c2nnn(C)n2)cc1F. The first-order chi connectivity index (χ1) is 14.7. The number of nitrogens with zero attached hydrogens (tertiary/aromatic N) is 4. The van der Waals surface area contributed by atoms with E-state index < -0.39 is 17.2 Å². The lowest BCUT2D eigenvalue weighted by atomic mass is 9.84. The van der Waals surface area contributed by atoms with Crippen LogP contribution >= 0.6 is 11.6 Å². The fraction of sp³-hybridized carbons (Fsp3) is 0.333. The molecule has 7 nitrogen and oxygen atoms in total. The number of aryl methyl sites for hydroxylation is 1. The number of hydrogen-bond donors (Lipinski definition) is 1. The van der Waals surface area contributed by atoms with Crippen molar-refractivity contribution in [3.8, 4) is 22.5 Å². The molecular weight excluding hydrogens is 428 g/mol. The molecule has 1 aromatic heterocycles. The van der Waals surface area contributed by atoms with Crippen LogP contribution in [0.1, 0.15) is 24.8 Å². The van der Waals surface area contributed by atoms with Gasteiger partial charge in [-0.2, -0.15) is 4.80 Å². The van der Waals surface area contributed by atoms with Gasteiger partial charge < -0.3 is 10.5 Å². The summed E-state index contributed by atoms with van der Waals surface area (Å²) in [5.74, 6) is -1.66. The molecule has 1 aliphatic heterocycles. The Labute approximate surface area is 182 Å². The first-order valence-corrected chi connectivity index (χ1v) is 9.99. The third kappa shape index (κ3) is 4.08. The molecule has 3 aromatic rings. The summed E-state index contributed by atoms with van der Waals surface area (Å²) in [5, 5.41) is 11.8. The summed E-state index contributed by atoms with van der Waals surface area (Å²) in [6, 6.07) is 7.17. The number of benzene rings is 2. The van der Waals surface area contributed by atoms with Gasteiger partial charge in [-0.25, -0.2) is 8.78 Å². The molecule has 1 saturated heterocycles. The van der Waals surface area contributed by atoms with Crippen LogP contribution in [0.2, 0.25) is 5.02 Å². The van der Waals surface area contributed by atoms with Crippen LogP contribution in [0.5, 0.6) is 0 Å². The van der Waals surface area contributed by atoms with Crippen LogP contribution in [0.3, 0.4) is 0 Å². The predicted octanol–water partition coefficient (Wildman–Crippen LogP) is 3.27. The number of carbonyl (C=O) groups excluding carboxylic acids is 1. The van der Waals surface area contributed by atoms with Crippen molar-refractivity contribution in [3.05, 3.63) is 52.6 Å². The number of carbonyl (C=O) groups is 1. The third-order valence-corrected chi connectivity index (χ3v) is 5.61. The van der Waals surface area contributed by atoms with Crippen molar-refractivity contribution >= 4 is 17.4 Å². The van der Waals surface area contributed by atoms with E-state index in [1.54, 1.807) is 26.1 Å². The Morgan fingerprint density at radius 3 is 2.61 bits per heavy atom. The Bertz CT molecular complexity index is 1160. The van der Waals surface area contributed by atoms with E-state index in [1.165, 1.54) is 16.9 Å². The van der Waals surface area contributed by atoms with Gasteiger partial charge in [-0.3, -0.25) is 4.79 Å². The van der Waals surface area contributed by atoms with Crippen molar-refractivity contribution < 1.29 is 18.3 Å². The summed E-state index contributed by atoms with van der Waals surface area (Å²) in [6.07, 6.45) is 0.0939. The number of halogens is 3.